The number of hydrogen-bond donors (Lipinski definition) is 0. The Morgan fingerprint density at radius 1 is 1.32 bits per heavy atom. The van der Waals surface area contributed by atoms with Gasteiger partial charge in [-0.3, -0.25) is 4.79 Å². The Kier molecular flexibility index (Phi) is 3.38. The maximum Gasteiger partial charge on any atom is 0.379 e. The molecule has 0 N–H and O–H groups in total. The van der Waals surface area contributed by atoms with Crippen LogP contribution in [0, 0.1) is 5.82 Å². The molecule has 1 heterocycles. The maximum absolute atomic E-state index is 13.9. The lowest BCUT2D eigenvalue weighted by molar-refractivity contribution is -0.135. The van der Waals surface area contributed by atoms with Gasteiger partial charge >= 0.3 is 5.97 Å². The summed E-state index contributed by atoms with van der Waals surface area (Å²) in [4.78, 5) is 23.3. The van der Waals surface area contributed by atoms with Crippen LogP contribution in [0.5, 0.6) is 0 Å². The number of ketones is 1. The van der Waals surface area contributed by atoms with E-state index in [1.165, 1.54) is 12.3 Å². The lowest BCUT2D eigenvalue weighted by Crippen LogP contribution is -2.15. The third-order valence-corrected chi connectivity index (χ3v) is 2.98. The van der Waals surface area contributed by atoms with Crippen molar-refractivity contribution >= 4 is 22.7 Å². The number of nitrogens with zero attached hydrogens (tertiary/aromatic N) is 1. The van der Waals surface area contributed by atoms with Gasteiger partial charge in [0, 0.05) is 17.6 Å². The predicted octanol–water partition coefficient (Wildman–Crippen LogP) is 2.72. The lowest BCUT2D eigenvalue weighted by Gasteiger charge is -2.08. The zero-order valence-corrected chi connectivity index (χ0v) is 10.9. The number of methoxy groups -OCH3 is 1. The number of aromatic nitrogens is 1. The number of carbonyl (C=O) groups excluding carboxylic acids is 2. The standard InChI is InChI=1S/C14H14FNO3/c1-8(2)16-7-9(13(17)14(18)19-3)12-10(15)5-4-6-11(12)16/h4-8H,1-3H3. The summed E-state index contributed by atoms with van der Waals surface area (Å²) in [6, 6.07) is 4.60. The van der Waals surface area contributed by atoms with Crippen LogP contribution in [0.1, 0.15) is 30.2 Å². The Balaban J connectivity index is 2.74. The summed E-state index contributed by atoms with van der Waals surface area (Å²) < 4.78 is 20.1. The molecule has 19 heavy (non-hydrogen) atoms. The summed E-state index contributed by atoms with van der Waals surface area (Å²) in [6.45, 7) is 3.83. The van der Waals surface area contributed by atoms with Crippen molar-refractivity contribution < 1.29 is 18.7 Å². The van der Waals surface area contributed by atoms with Gasteiger partial charge in [-0.2, -0.15) is 0 Å². The molecular weight excluding hydrogens is 249 g/mol. The molecular formula is C14H14FNO3. The molecule has 0 unspecified atom stereocenters. The Morgan fingerprint density at radius 2 is 2.00 bits per heavy atom. The third-order valence-electron chi connectivity index (χ3n) is 2.98. The number of ether oxygens (including phenoxy) is 1. The van der Waals surface area contributed by atoms with E-state index in [4.69, 9.17) is 0 Å². The first-order valence-electron chi connectivity index (χ1n) is 5.89. The molecule has 1 aromatic heterocycles. The summed E-state index contributed by atoms with van der Waals surface area (Å²) in [5.41, 5.74) is 0.621. The number of hydrogen-bond acceptors (Lipinski definition) is 3. The highest BCUT2D eigenvalue weighted by Gasteiger charge is 2.24. The predicted molar refractivity (Wildman–Crippen MR) is 68.6 cm³/mol. The number of esters is 1. The number of Topliss-reactive ketones (excluding diaryl/α,β-unsaturated/α-hetero) is 1. The van der Waals surface area contributed by atoms with E-state index in [9.17, 15) is 14.0 Å². The van der Waals surface area contributed by atoms with Gasteiger partial charge in [-0.1, -0.05) is 6.07 Å². The molecule has 1 aromatic carbocycles. The quantitative estimate of drug-likeness (QED) is 0.486. The fourth-order valence-corrected chi connectivity index (χ4v) is 2.07. The first kappa shape index (κ1) is 13.3. The molecule has 4 nitrogen and oxygen atoms in total. The average molecular weight is 263 g/mol. The van der Waals surface area contributed by atoms with Gasteiger partial charge in [0.15, 0.2) is 0 Å². The maximum atomic E-state index is 13.9. The molecule has 0 aliphatic carbocycles. The highest BCUT2D eigenvalue weighted by Crippen LogP contribution is 2.27. The molecule has 0 radical (unpaired) electrons. The van der Waals surface area contributed by atoms with Gasteiger partial charge in [-0.15, -0.1) is 0 Å². The third kappa shape index (κ3) is 2.12. The van der Waals surface area contributed by atoms with Gasteiger partial charge in [0.25, 0.3) is 5.78 Å². The number of halogens is 1. The Bertz CT molecular complexity index is 658. The van der Waals surface area contributed by atoms with Gasteiger partial charge < -0.3 is 9.30 Å². The van der Waals surface area contributed by atoms with E-state index in [0.717, 1.165) is 7.11 Å². The van der Waals surface area contributed by atoms with Gasteiger partial charge in [0.2, 0.25) is 0 Å². The second kappa shape index (κ2) is 4.84. The minimum absolute atomic E-state index is 0.0358. The largest absolute Gasteiger partial charge is 0.463 e. The lowest BCUT2D eigenvalue weighted by atomic mass is 10.1. The zero-order valence-electron chi connectivity index (χ0n) is 10.9. The zero-order chi connectivity index (χ0) is 14.2. The number of carbonyl (C=O) groups is 2. The van der Waals surface area contributed by atoms with Crippen molar-refractivity contribution in [2.45, 2.75) is 19.9 Å². The highest BCUT2D eigenvalue weighted by molar-refractivity contribution is 6.43. The Labute approximate surface area is 109 Å². The van der Waals surface area contributed by atoms with Crippen LogP contribution in [0.4, 0.5) is 4.39 Å². The van der Waals surface area contributed by atoms with Gasteiger partial charge in [0.05, 0.1) is 18.2 Å². The van der Waals surface area contributed by atoms with Crippen molar-refractivity contribution in [2.24, 2.45) is 0 Å². The molecule has 0 saturated carbocycles. The molecule has 2 aromatic rings. The molecule has 0 spiro atoms. The van der Waals surface area contributed by atoms with Crippen LogP contribution in [0.2, 0.25) is 0 Å². The van der Waals surface area contributed by atoms with E-state index in [2.05, 4.69) is 4.74 Å². The second-order valence-corrected chi connectivity index (χ2v) is 4.50. The molecule has 2 rings (SSSR count). The fourth-order valence-electron chi connectivity index (χ4n) is 2.07. The molecule has 0 fully saturated rings. The highest BCUT2D eigenvalue weighted by atomic mass is 19.1. The van der Waals surface area contributed by atoms with Crippen LogP contribution < -0.4 is 0 Å². The average Bonchev–Trinajstić information content (AvgIpc) is 2.78. The summed E-state index contributed by atoms with van der Waals surface area (Å²) >= 11 is 0. The Hall–Kier alpha value is -2.17. The molecule has 5 heteroatoms. The molecule has 100 valence electrons. The van der Waals surface area contributed by atoms with Crippen molar-refractivity contribution in [2.75, 3.05) is 7.11 Å². The summed E-state index contributed by atoms with van der Waals surface area (Å²) in [6.07, 6.45) is 1.50. The number of rotatable bonds is 3. The van der Waals surface area contributed by atoms with E-state index >= 15 is 0 Å². The van der Waals surface area contributed by atoms with Crippen LogP contribution in [0.3, 0.4) is 0 Å². The van der Waals surface area contributed by atoms with Gasteiger partial charge in [0.1, 0.15) is 5.82 Å². The minimum atomic E-state index is -0.994. The first-order valence-corrected chi connectivity index (χ1v) is 5.89. The van der Waals surface area contributed by atoms with Crippen LogP contribution in [0.15, 0.2) is 24.4 Å². The fraction of sp³-hybridized carbons (Fsp3) is 0.286. The molecule has 0 saturated heterocycles. The molecule has 0 atom stereocenters. The number of fused-ring (bicyclic) bond motifs is 1. The second-order valence-electron chi connectivity index (χ2n) is 4.50. The normalized spacial score (nSPS) is 11.0. The molecule has 0 amide bonds. The monoisotopic (exact) mass is 263 g/mol. The molecule has 0 aliphatic heterocycles. The summed E-state index contributed by atoms with van der Waals surface area (Å²) in [7, 11) is 1.12. The smallest absolute Gasteiger partial charge is 0.379 e. The van der Waals surface area contributed by atoms with Crippen LogP contribution in [0.25, 0.3) is 10.9 Å². The topological polar surface area (TPSA) is 48.3 Å². The summed E-state index contributed by atoms with van der Waals surface area (Å²) in [5, 5.41) is 0.159. The van der Waals surface area contributed by atoms with E-state index in [1.807, 2.05) is 13.8 Å². The molecule has 0 aliphatic rings. The number of benzene rings is 1. The van der Waals surface area contributed by atoms with E-state index in [1.54, 1.807) is 16.7 Å². The summed E-state index contributed by atoms with van der Waals surface area (Å²) in [5.74, 6) is -2.35. The Morgan fingerprint density at radius 3 is 2.58 bits per heavy atom. The van der Waals surface area contributed by atoms with Crippen molar-refractivity contribution in [3.05, 3.63) is 35.8 Å². The van der Waals surface area contributed by atoms with Crippen LogP contribution in [-0.2, 0) is 9.53 Å². The van der Waals surface area contributed by atoms with Crippen molar-refractivity contribution in [1.29, 1.82) is 0 Å². The van der Waals surface area contributed by atoms with Gasteiger partial charge in [-0.05, 0) is 26.0 Å². The molecule has 0 bridgehead atoms. The van der Waals surface area contributed by atoms with E-state index in [-0.39, 0.29) is 17.0 Å². The van der Waals surface area contributed by atoms with Crippen LogP contribution >= 0.6 is 0 Å². The first-order chi connectivity index (χ1) is 8.97. The van der Waals surface area contributed by atoms with Crippen molar-refractivity contribution in [3.63, 3.8) is 0 Å². The van der Waals surface area contributed by atoms with Crippen molar-refractivity contribution in [3.8, 4) is 0 Å². The van der Waals surface area contributed by atoms with Crippen molar-refractivity contribution in [1.82, 2.24) is 4.57 Å². The van der Waals surface area contributed by atoms with E-state index in [0.29, 0.717) is 5.52 Å². The SMILES string of the molecule is COC(=O)C(=O)c1cn(C(C)C)c2cccc(F)c12. The van der Waals surface area contributed by atoms with E-state index < -0.39 is 17.6 Å². The van der Waals surface area contributed by atoms with Crippen LogP contribution in [-0.4, -0.2) is 23.4 Å². The van der Waals surface area contributed by atoms with Gasteiger partial charge in [-0.25, -0.2) is 9.18 Å². The minimum Gasteiger partial charge on any atom is -0.463 e.